The Morgan fingerprint density at radius 3 is 2.00 bits per heavy atom. The highest BCUT2D eigenvalue weighted by Crippen LogP contribution is 1.96. The zero-order chi connectivity index (χ0) is 7.49. The molecule has 0 aliphatic rings. The minimum absolute atomic E-state index is 0.202. The fourth-order valence-corrected chi connectivity index (χ4v) is 0.467. The van der Waals surface area contributed by atoms with Gasteiger partial charge < -0.3 is 11.1 Å². The minimum Gasteiger partial charge on any atom is -0.327 e. The van der Waals surface area contributed by atoms with Crippen LogP contribution in [-0.4, -0.2) is 18.1 Å². The summed E-state index contributed by atoms with van der Waals surface area (Å²) in [6.07, 6.45) is 0. The molecule has 0 aromatic heterocycles. The highest BCUT2D eigenvalue weighted by molar-refractivity contribution is 4.72. The standard InChI is InChI=1S/C7H18N2/c1-6(8)5-9-7(2,3)4/h6,9H,5,8H2,1-4H3/t6-/m0/s1. The van der Waals surface area contributed by atoms with Gasteiger partial charge in [-0.2, -0.15) is 0 Å². The molecule has 56 valence electrons. The molecule has 0 radical (unpaired) electrons. The summed E-state index contributed by atoms with van der Waals surface area (Å²) in [6.45, 7) is 9.29. The van der Waals surface area contributed by atoms with Crippen molar-refractivity contribution in [2.45, 2.75) is 39.3 Å². The third kappa shape index (κ3) is 7.92. The third-order valence-electron chi connectivity index (χ3n) is 0.954. The average Bonchev–Trinajstić information content (AvgIpc) is 1.59. The van der Waals surface area contributed by atoms with Crippen LogP contribution in [0.2, 0.25) is 0 Å². The summed E-state index contributed by atoms with van der Waals surface area (Å²) in [7, 11) is 0. The highest BCUT2D eigenvalue weighted by Gasteiger charge is 2.08. The molecule has 2 nitrogen and oxygen atoms in total. The molecule has 0 aliphatic carbocycles. The molecular formula is C7H18N2. The van der Waals surface area contributed by atoms with Gasteiger partial charge in [-0.15, -0.1) is 0 Å². The lowest BCUT2D eigenvalue weighted by atomic mass is 10.1. The van der Waals surface area contributed by atoms with Crippen LogP contribution >= 0.6 is 0 Å². The predicted octanol–water partition coefficient (Wildman–Crippen LogP) is 0.722. The summed E-state index contributed by atoms with van der Waals surface area (Å²) in [4.78, 5) is 0. The van der Waals surface area contributed by atoms with Gasteiger partial charge in [0.05, 0.1) is 0 Å². The molecule has 0 saturated carbocycles. The van der Waals surface area contributed by atoms with Gasteiger partial charge in [-0.1, -0.05) is 0 Å². The number of nitrogens with one attached hydrogen (secondary N) is 1. The molecule has 1 atom stereocenters. The molecule has 0 aromatic carbocycles. The second-order valence-corrected chi connectivity index (χ2v) is 3.61. The Hall–Kier alpha value is -0.0800. The topological polar surface area (TPSA) is 38.0 Å². The van der Waals surface area contributed by atoms with Crippen molar-refractivity contribution in [2.75, 3.05) is 6.54 Å². The van der Waals surface area contributed by atoms with Crippen molar-refractivity contribution in [1.82, 2.24) is 5.32 Å². The fourth-order valence-electron chi connectivity index (χ4n) is 0.467. The minimum atomic E-state index is 0.202. The average molecular weight is 130 g/mol. The van der Waals surface area contributed by atoms with Crippen LogP contribution in [0.5, 0.6) is 0 Å². The van der Waals surface area contributed by atoms with Gasteiger partial charge in [0.1, 0.15) is 0 Å². The first-order valence-electron chi connectivity index (χ1n) is 3.42. The van der Waals surface area contributed by atoms with Crippen molar-refractivity contribution in [3.63, 3.8) is 0 Å². The quantitative estimate of drug-likeness (QED) is 0.578. The largest absolute Gasteiger partial charge is 0.327 e. The Kier molecular flexibility index (Phi) is 3.15. The molecule has 9 heavy (non-hydrogen) atoms. The number of hydrogen-bond acceptors (Lipinski definition) is 2. The van der Waals surface area contributed by atoms with Gasteiger partial charge >= 0.3 is 0 Å². The normalized spacial score (nSPS) is 15.7. The smallest absolute Gasteiger partial charge is 0.0136 e. The van der Waals surface area contributed by atoms with Crippen molar-refractivity contribution >= 4 is 0 Å². The molecule has 0 saturated heterocycles. The summed E-state index contributed by atoms with van der Waals surface area (Å²) in [5.74, 6) is 0. The van der Waals surface area contributed by atoms with E-state index in [1.807, 2.05) is 6.92 Å². The van der Waals surface area contributed by atoms with E-state index in [-0.39, 0.29) is 11.6 Å². The maximum absolute atomic E-state index is 5.54. The molecule has 0 heterocycles. The molecule has 0 unspecified atom stereocenters. The van der Waals surface area contributed by atoms with Crippen LogP contribution in [0.25, 0.3) is 0 Å². The zero-order valence-corrected chi connectivity index (χ0v) is 6.86. The maximum atomic E-state index is 5.54. The van der Waals surface area contributed by atoms with Gasteiger partial charge in [-0.05, 0) is 27.7 Å². The molecule has 0 fully saturated rings. The van der Waals surface area contributed by atoms with Crippen LogP contribution in [0.3, 0.4) is 0 Å². The van der Waals surface area contributed by atoms with Crippen molar-refractivity contribution < 1.29 is 0 Å². The lowest BCUT2D eigenvalue weighted by molar-refractivity contribution is 0.412. The third-order valence-corrected chi connectivity index (χ3v) is 0.954. The second-order valence-electron chi connectivity index (χ2n) is 3.61. The molecule has 0 bridgehead atoms. The zero-order valence-electron chi connectivity index (χ0n) is 6.86. The van der Waals surface area contributed by atoms with E-state index in [1.165, 1.54) is 0 Å². The summed E-state index contributed by atoms with van der Waals surface area (Å²) in [6, 6.07) is 0.254. The fraction of sp³-hybridized carbons (Fsp3) is 1.00. The Balaban J connectivity index is 3.28. The van der Waals surface area contributed by atoms with Crippen LogP contribution in [-0.2, 0) is 0 Å². The van der Waals surface area contributed by atoms with Crippen LogP contribution < -0.4 is 11.1 Å². The molecule has 0 aliphatic heterocycles. The van der Waals surface area contributed by atoms with E-state index < -0.39 is 0 Å². The molecule has 0 amide bonds. The summed E-state index contributed by atoms with van der Waals surface area (Å²) >= 11 is 0. The molecule has 2 heteroatoms. The first-order chi connectivity index (χ1) is 3.92. The maximum Gasteiger partial charge on any atom is 0.0136 e. The van der Waals surface area contributed by atoms with E-state index in [9.17, 15) is 0 Å². The summed E-state index contributed by atoms with van der Waals surface area (Å²) in [5, 5.41) is 3.30. The van der Waals surface area contributed by atoms with Crippen LogP contribution in [0.1, 0.15) is 27.7 Å². The van der Waals surface area contributed by atoms with Gasteiger partial charge in [0.15, 0.2) is 0 Å². The number of hydrogen-bond donors (Lipinski definition) is 2. The van der Waals surface area contributed by atoms with Crippen molar-refractivity contribution in [2.24, 2.45) is 5.73 Å². The van der Waals surface area contributed by atoms with Crippen molar-refractivity contribution in [3.8, 4) is 0 Å². The first-order valence-corrected chi connectivity index (χ1v) is 3.42. The van der Waals surface area contributed by atoms with Gasteiger partial charge in [-0.25, -0.2) is 0 Å². The van der Waals surface area contributed by atoms with E-state index in [1.54, 1.807) is 0 Å². The summed E-state index contributed by atoms with van der Waals surface area (Å²) < 4.78 is 0. The van der Waals surface area contributed by atoms with E-state index in [4.69, 9.17) is 5.73 Å². The van der Waals surface area contributed by atoms with E-state index in [2.05, 4.69) is 26.1 Å². The Labute approximate surface area is 57.8 Å². The lowest BCUT2D eigenvalue weighted by Crippen LogP contribution is -2.42. The monoisotopic (exact) mass is 130 g/mol. The highest BCUT2D eigenvalue weighted by atomic mass is 15.0. The van der Waals surface area contributed by atoms with Gasteiger partial charge in [0, 0.05) is 18.1 Å². The second kappa shape index (κ2) is 3.18. The van der Waals surface area contributed by atoms with Crippen LogP contribution in [0.15, 0.2) is 0 Å². The van der Waals surface area contributed by atoms with E-state index in [0.717, 1.165) is 6.54 Å². The molecule has 0 rings (SSSR count). The molecule has 0 aromatic rings. The molecule has 0 spiro atoms. The van der Waals surface area contributed by atoms with Gasteiger partial charge in [0.25, 0.3) is 0 Å². The number of rotatable bonds is 2. The Morgan fingerprint density at radius 1 is 1.44 bits per heavy atom. The van der Waals surface area contributed by atoms with Crippen LogP contribution in [0.4, 0.5) is 0 Å². The SMILES string of the molecule is C[C@H](N)CNC(C)(C)C. The number of nitrogens with two attached hydrogens (primary N) is 1. The Morgan fingerprint density at radius 2 is 1.89 bits per heavy atom. The predicted molar refractivity (Wildman–Crippen MR) is 41.4 cm³/mol. The van der Waals surface area contributed by atoms with Crippen molar-refractivity contribution in [3.05, 3.63) is 0 Å². The first kappa shape index (κ1) is 8.92. The summed E-state index contributed by atoms with van der Waals surface area (Å²) in [5.41, 5.74) is 5.74. The Bertz CT molecular complexity index is 71.5. The molecule has 3 N–H and O–H groups in total. The van der Waals surface area contributed by atoms with Gasteiger partial charge in [0.2, 0.25) is 0 Å². The van der Waals surface area contributed by atoms with E-state index >= 15 is 0 Å². The van der Waals surface area contributed by atoms with Crippen molar-refractivity contribution in [1.29, 1.82) is 0 Å². The van der Waals surface area contributed by atoms with E-state index in [0.29, 0.717) is 0 Å². The van der Waals surface area contributed by atoms with Crippen LogP contribution in [0, 0.1) is 0 Å². The molecular weight excluding hydrogens is 112 g/mol. The lowest BCUT2D eigenvalue weighted by Gasteiger charge is -2.21. The van der Waals surface area contributed by atoms with Gasteiger partial charge in [-0.3, -0.25) is 0 Å².